The van der Waals surface area contributed by atoms with Crippen LogP contribution in [0.5, 0.6) is 0 Å². The summed E-state index contributed by atoms with van der Waals surface area (Å²) < 4.78 is 0. The van der Waals surface area contributed by atoms with Gasteiger partial charge in [0.15, 0.2) is 5.78 Å². The highest BCUT2D eigenvalue weighted by Gasteiger charge is 2.41. The van der Waals surface area contributed by atoms with E-state index in [4.69, 9.17) is 5.73 Å². The van der Waals surface area contributed by atoms with Crippen LogP contribution in [0.4, 0.5) is 5.69 Å². The monoisotopic (exact) mass is 408 g/mol. The number of carbonyl (C=O) groups excluding carboxylic acids is 1. The molecule has 1 aliphatic heterocycles. The molecule has 7 heteroatoms. The molecule has 3 aromatic rings. The fraction of sp³-hybridized carbons (Fsp3) is 0.167. The Morgan fingerprint density at radius 2 is 1.97 bits per heavy atom. The Hall–Kier alpha value is -4.18. The van der Waals surface area contributed by atoms with Gasteiger partial charge in [0.05, 0.1) is 41.3 Å². The molecule has 7 nitrogen and oxygen atoms in total. The maximum atomic E-state index is 13.2. The van der Waals surface area contributed by atoms with Crippen molar-refractivity contribution in [1.82, 2.24) is 15.2 Å². The molecule has 0 saturated carbocycles. The van der Waals surface area contributed by atoms with Crippen LogP contribution in [0.25, 0.3) is 11.3 Å². The van der Waals surface area contributed by atoms with Gasteiger partial charge in [-0.2, -0.15) is 10.4 Å². The molecule has 1 aliphatic carbocycles. The quantitative estimate of drug-likeness (QED) is 0.682. The van der Waals surface area contributed by atoms with Crippen LogP contribution in [0.15, 0.2) is 83.7 Å². The van der Waals surface area contributed by atoms with Crippen molar-refractivity contribution in [2.24, 2.45) is 5.73 Å². The number of aromatic amines is 1. The van der Waals surface area contributed by atoms with E-state index in [0.29, 0.717) is 29.8 Å². The summed E-state index contributed by atoms with van der Waals surface area (Å²) in [5, 5.41) is 17.4. The van der Waals surface area contributed by atoms with Gasteiger partial charge in [0.1, 0.15) is 5.82 Å². The average molecular weight is 408 g/mol. The molecule has 1 unspecified atom stereocenters. The maximum Gasteiger partial charge on any atom is 0.161 e. The Labute approximate surface area is 179 Å². The van der Waals surface area contributed by atoms with Crippen molar-refractivity contribution in [2.75, 3.05) is 4.90 Å². The minimum absolute atomic E-state index is 0.0422. The van der Waals surface area contributed by atoms with Crippen LogP contribution in [0.2, 0.25) is 0 Å². The topological polar surface area (TPSA) is 112 Å². The Kier molecular flexibility index (Phi) is 4.60. The summed E-state index contributed by atoms with van der Waals surface area (Å²) in [4.78, 5) is 19.2. The number of aromatic nitrogens is 3. The summed E-state index contributed by atoms with van der Waals surface area (Å²) in [5.41, 5.74) is 11.6. The highest BCUT2D eigenvalue weighted by molar-refractivity contribution is 6.01. The fourth-order valence-corrected chi connectivity index (χ4v) is 4.53. The predicted octanol–water partition coefficient (Wildman–Crippen LogP) is 3.78. The van der Waals surface area contributed by atoms with E-state index >= 15 is 0 Å². The number of hydrogen-bond donors (Lipinski definition) is 2. The largest absolute Gasteiger partial charge is 0.384 e. The Balaban J connectivity index is 1.75. The lowest BCUT2D eigenvalue weighted by Gasteiger charge is -2.39. The number of anilines is 1. The zero-order valence-corrected chi connectivity index (χ0v) is 16.7. The maximum absolute atomic E-state index is 13.2. The smallest absolute Gasteiger partial charge is 0.161 e. The number of Topliss-reactive ketones (excluding diaryl/α,β-unsaturated/α-hetero) is 1. The first-order valence-corrected chi connectivity index (χ1v) is 10.2. The van der Waals surface area contributed by atoms with E-state index in [0.717, 1.165) is 34.6 Å². The van der Waals surface area contributed by atoms with E-state index in [2.05, 4.69) is 21.3 Å². The van der Waals surface area contributed by atoms with Gasteiger partial charge in [-0.25, -0.2) is 0 Å². The third-order valence-corrected chi connectivity index (χ3v) is 5.86. The lowest BCUT2D eigenvalue weighted by molar-refractivity contribution is -0.116. The van der Waals surface area contributed by atoms with Crippen LogP contribution in [-0.4, -0.2) is 21.0 Å². The third kappa shape index (κ3) is 3.01. The van der Waals surface area contributed by atoms with Crippen molar-refractivity contribution >= 4 is 11.5 Å². The van der Waals surface area contributed by atoms with Gasteiger partial charge < -0.3 is 5.73 Å². The molecule has 3 N–H and O–H groups in total. The van der Waals surface area contributed by atoms with E-state index in [1.165, 1.54) is 0 Å². The van der Waals surface area contributed by atoms with Crippen molar-refractivity contribution in [3.63, 3.8) is 0 Å². The van der Waals surface area contributed by atoms with E-state index in [9.17, 15) is 10.1 Å². The number of benzene rings is 1. The zero-order valence-electron chi connectivity index (χ0n) is 16.7. The summed E-state index contributed by atoms with van der Waals surface area (Å²) in [6, 6.07) is 15.7. The van der Waals surface area contributed by atoms with Crippen LogP contribution >= 0.6 is 0 Å². The number of pyridine rings is 1. The summed E-state index contributed by atoms with van der Waals surface area (Å²) >= 11 is 0. The molecule has 2 aromatic heterocycles. The molecule has 0 amide bonds. The second-order valence-electron chi connectivity index (χ2n) is 7.59. The van der Waals surface area contributed by atoms with Gasteiger partial charge in [0.25, 0.3) is 0 Å². The first-order chi connectivity index (χ1) is 15.2. The third-order valence-electron chi connectivity index (χ3n) is 5.86. The van der Waals surface area contributed by atoms with Gasteiger partial charge in [-0.1, -0.05) is 30.3 Å². The predicted molar refractivity (Wildman–Crippen MR) is 116 cm³/mol. The second kappa shape index (κ2) is 7.58. The summed E-state index contributed by atoms with van der Waals surface area (Å²) in [6.07, 6.45) is 6.97. The number of rotatable bonds is 3. The standard InChI is InChI=1S/C24H20N6O/c25-12-17-21(18-14-28-29-23(18)15-6-2-1-3-7-15)22-19(9-4-10-20(22)31)30(24(17)26)16-8-5-11-27-13-16/h1-3,5-8,11,13-14,21H,4,9-10,26H2,(H,28,29). The number of nitriles is 1. The van der Waals surface area contributed by atoms with Crippen molar-refractivity contribution in [1.29, 1.82) is 5.26 Å². The van der Waals surface area contributed by atoms with Gasteiger partial charge in [-0.05, 0) is 30.5 Å². The molecule has 0 radical (unpaired) electrons. The molecule has 0 fully saturated rings. The van der Waals surface area contributed by atoms with Crippen molar-refractivity contribution in [2.45, 2.75) is 25.2 Å². The highest BCUT2D eigenvalue weighted by atomic mass is 16.1. The molecule has 0 spiro atoms. The zero-order chi connectivity index (χ0) is 21.4. The molecular weight excluding hydrogens is 388 g/mol. The molecule has 1 atom stereocenters. The van der Waals surface area contributed by atoms with Crippen LogP contribution in [0.1, 0.15) is 30.7 Å². The molecule has 2 aliphatic rings. The number of nitrogens with one attached hydrogen (secondary N) is 1. The van der Waals surface area contributed by atoms with Gasteiger partial charge in [-0.3, -0.25) is 19.8 Å². The van der Waals surface area contributed by atoms with E-state index in [1.54, 1.807) is 18.6 Å². The van der Waals surface area contributed by atoms with Crippen LogP contribution in [0, 0.1) is 11.3 Å². The van der Waals surface area contributed by atoms with Crippen LogP contribution in [0.3, 0.4) is 0 Å². The Morgan fingerprint density at radius 3 is 2.71 bits per heavy atom. The average Bonchev–Trinajstić information content (AvgIpc) is 3.29. The van der Waals surface area contributed by atoms with Gasteiger partial charge in [-0.15, -0.1) is 0 Å². The number of H-pyrrole nitrogens is 1. The summed E-state index contributed by atoms with van der Waals surface area (Å²) in [5.74, 6) is -0.190. The molecular formula is C24H20N6O. The molecule has 3 heterocycles. The number of hydrogen-bond acceptors (Lipinski definition) is 6. The van der Waals surface area contributed by atoms with Gasteiger partial charge >= 0.3 is 0 Å². The SMILES string of the molecule is N#CC1=C(N)N(c2cccnc2)C2=C(C(=O)CCC2)C1c1cn[nH]c1-c1ccccc1. The number of ketones is 1. The summed E-state index contributed by atoms with van der Waals surface area (Å²) in [7, 11) is 0. The first kappa shape index (κ1) is 18.8. The Morgan fingerprint density at radius 1 is 1.13 bits per heavy atom. The fourth-order valence-electron chi connectivity index (χ4n) is 4.53. The van der Waals surface area contributed by atoms with Gasteiger partial charge in [0.2, 0.25) is 0 Å². The second-order valence-corrected chi connectivity index (χ2v) is 7.59. The normalized spacial score (nSPS) is 18.7. The lowest BCUT2D eigenvalue weighted by atomic mass is 9.75. The number of allylic oxidation sites excluding steroid dienone is 3. The summed E-state index contributed by atoms with van der Waals surface area (Å²) in [6.45, 7) is 0. The minimum Gasteiger partial charge on any atom is -0.384 e. The molecule has 0 saturated heterocycles. The van der Waals surface area contributed by atoms with Crippen LogP contribution < -0.4 is 10.6 Å². The number of nitrogens with two attached hydrogens (primary N) is 1. The first-order valence-electron chi connectivity index (χ1n) is 10.2. The molecule has 0 bridgehead atoms. The van der Waals surface area contributed by atoms with E-state index < -0.39 is 5.92 Å². The minimum atomic E-state index is -0.560. The molecule has 5 rings (SSSR count). The van der Waals surface area contributed by atoms with Crippen molar-refractivity contribution < 1.29 is 4.79 Å². The lowest BCUT2D eigenvalue weighted by Crippen LogP contribution is -2.38. The molecule has 152 valence electrons. The van der Waals surface area contributed by atoms with Crippen molar-refractivity contribution in [3.05, 3.63) is 89.3 Å². The van der Waals surface area contributed by atoms with E-state index in [1.807, 2.05) is 47.4 Å². The van der Waals surface area contributed by atoms with Gasteiger partial charge in [0, 0.05) is 29.5 Å². The highest BCUT2D eigenvalue weighted by Crippen LogP contribution is 2.47. The Bertz CT molecular complexity index is 1250. The van der Waals surface area contributed by atoms with Crippen molar-refractivity contribution in [3.8, 4) is 17.3 Å². The molecule has 31 heavy (non-hydrogen) atoms. The van der Waals surface area contributed by atoms with E-state index in [-0.39, 0.29) is 5.78 Å². The van der Waals surface area contributed by atoms with Crippen LogP contribution in [-0.2, 0) is 4.79 Å². The molecule has 1 aromatic carbocycles. The number of nitrogens with zero attached hydrogens (tertiary/aromatic N) is 4. The number of carbonyl (C=O) groups is 1.